The van der Waals surface area contributed by atoms with E-state index in [4.69, 9.17) is 0 Å². The van der Waals surface area contributed by atoms with Crippen molar-refractivity contribution >= 4 is 0 Å². The third-order valence-electron chi connectivity index (χ3n) is 4.77. The van der Waals surface area contributed by atoms with Crippen molar-refractivity contribution in [3.8, 4) is 0 Å². The van der Waals surface area contributed by atoms with Gasteiger partial charge in [0.05, 0.1) is 5.60 Å². The summed E-state index contributed by atoms with van der Waals surface area (Å²) in [5, 5.41) is 10.7. The molecule has 15 heavy (non-hydrogen) atoms. The van der Waals surface area contributed by atoms with E-state index in [1.165, 1.54) is 51.4 Å². The maximum atomic E-state index is 10.7. The molecule has 2 unspecified atom stereocenters. The lowest BCUT2D eigenvalue weighted by Gasteiger charge is -2.41. The fourth-order valence-electron chi connectivity index (χ4n) is 3.47. The van der Waals surface area contributed by atoms with Crippen LogP contribution in [0, 0.1) is 11.8 Å². The van der Waals surface area contributed by atoms with Gasteiger partial charge in [0, 0.05) is 0 Å². The highest BCUT2D eigenvalue weighted by atomic mass is 16.3. The Morgan fingerprint density at radius 2 is 1.87 bits per heavy atom. The average Bonchev–Trinajstić information content (AvgIpc) is 2.27. The molecule has 2 fully saturated rings. The zero-order chi connectivity index (χ0) is 10.7. The van der Waals surface area contributed by atoms with Crippen molar-refractivity contribution in [2.45, 2.75) is 76.7 Å². The largest absolute Gasteiger partial charge is 0.390 e. The van der Waals surface area contributed by atoms with Gasteiger partial charge in [0.25, 0.3) is 0 Å². The standard InChI is InChI=1S/C14H26O/c1-2-5-12-6-4-10-14(15,11-9-12)13-7-3-8-13/h12-13,15H,2-11H2,1H3. The molecule has 0 amide bonds. The first-order valence-corrected chi connectivity index (χ1v) is 6.97. The van der Waals surface area contributed by atoms with Crippen LogP contribution in [0.1, 0.15) is 71.1 Å². The molecule has 0 bridgehead atoms. The Balaban J connectivity index is 1.87. The van der Waals surface area contributed by atoms with Gasteiger partial charge in [-0.25, -0.2) is 0 Å². The van der Waals surface area contributed by atoms with Crippen molar-refractivity contribution in [3.63, 3.8) is 0 Å². The Morgan fingerprint density at radius 3 is 2.47 bits per heavy atom. The van der Waals surface area contributed by atoms with Crippen LogP contribution in [0.2, 0.25) is 0 Å². The molecular formula is C14H26O. The fraction of sp³-hybridized carbons (Fsp3) is 1.00. The van der Waals surface area contributed by atoms with Gasteiger partial charge in [-0.2, -0.15) is 0 Å². The summed E-state index contributed by atoms with van der Waals surface area (Å²) in [6, 6.07) is 0. The van der Waals surface area contributed by atoms with Crippen LogP contribution in [0.5, 0.6) is 0 Å². The zero-order valence-corrected chi connectivity index (χ0v) is 10.2. The third kappa shape index (κ3) is 2.55. The van der Waals surface area contributed by atoms with Crippen LogP contribution in [0.3, 0.4) is 0 Å². The normalized spacial score (nSPS) is 38.4. The number of aliphatic hydroxyl groups is 1. The van der Waals surface area contributed by atoms with Crippen LogP contribution >= 0.6 is 0 Å². The topological polar surface area (TPSA) is 20.2 Å². The monoisotopic (exact) mass is 210 g/mol. The van der Waals surface area contributed by atoms with Gasteiger partial charge in [-0.3, -0.25) is 0 Å². The Kier molecular flexibility index (Phi) is 3.71. The van der Waals surface area contributed by atoms with Crippen LogP contribution in [0.4, 0.5) is 0 Å². The molecule has 0 spiro atoms. The molecule has 2 atom stereocenters. The summed E-state index contributed by atoms with van der Waals surface area (Å²) >= 11 is 0. The lowest BCUT2D eigenvalue weighted by atomic mass is 9.69. The molecule has 2 rings (SSSR count). The summed E-state index contributed by atoms with van der Waals surface area (Å²) in [4.78, 5) is 0. The van der Waals surface area contributed by atoms with Crippen molar-refractivity contribution in [1.82, 2.24) is 0 Å². The van der Waals surface area contributed by atoms with Crippen molar-refractivity contribution in [1.29, 1.82) is 0 Å². The molecule has 0 radical (unpaired) electrons. The molecule has 88 valence electrons. The van der Waals surface area contributed by atoms with E-state index in [-0.39, 0.29) is 5.60 Å². The molecule has 0 saturated heterocycles. The molecule has 1 heteroatoms. The Labute approximate surface area is 94.3 Å². The summed E-state index contributed by atoms with van der Waals surface area (Å²) in [7, 11) is 0. The van der Waals surface area contributed by atoms with Crippen LogP contribution < -0.4 is 0 Å². The Hall–Kier alpha value is -0.0400. The molecule has 2 saturated carbocycles. The fourth-order valence-corrected chi connectivity index (χ4v) is 3.47. The molecule has 1 N–H and O–H groups in total. The van der Waals surface area contributed by atoms with Crippen LogP contribution in [-0.2, 0) is 0 Å². The number of hydrogen-bond acceptors (Lipinski definition) is 1. The molecule has 0 aromatic rings. The molecule has 0 aromatic carbocycles. The summed E-state index contributed by atoms with van der Waals surface area (Å²) in [5.74, 6) is 1.56. The average molecular weight is 210 g/mol. The SMILES string of the molecule is CCCC1CCCC(O)(C2CCC2)CC1. The zero-order valence-electron chi connectivity index (χ0n) is 10.2. The quantitative estimate of drug-likeness (QED) is 0.700. The summed E-state index contributed by atoms with van der Waals surface area (Å²) < 4.78 is 0. The molecule has 2 aliphatic rings. The van der Waals surface area contributed by atoms with Gasteiger partial charge in [-0.1, -0.05) is 39.0 Å². The summed E-state index contributed by atoms with van der Waals surface area (Å²) in [6.07, 6.45) is 12.7. The van der Waals surface area contributed by atoms with Gasteiger partial charge in [0.1, 0.15) is 0 Å². The van der Waals surface area contributed by atoms with Gasteiger partial charge < -0.3 is 5.11 Å². The second kappa shape index (κ2) is 4.86. The van der Waals surface area contributed by atoms with E-state index >= 15 is 0 Å². The molecule has 2 aliphatic carbocycles. The van der Waals surface area contributed by atoms with Gasteiger partial charge in [-0.15, -0.1) is 0 Å². The van der Waals surface area contributed by atoms with Crippen LogP contribution in [0.25, 0.3) is 0 Å². The van der Waals surface area contributed by atoms with Gasteiger partial charge in [0.15, 0.2) is 0 Å². The summed E-state index contributed by atoms with van der Waals surface area (Å²) in [6.45, 7) is 2.28. The molecule has 0 heterocycles. The Morgan fingerprint density at radius 1 is 1.07 bits per heavy atom. The van der Waals surface area contributed by atoms with E-state index in [1.54, 1.807) is 0 Å². The van der Waals surface area contributed by atoms with Crippen molar-refractivity contribution in [2.75, 3.05) is 0 Å². The first-order valence-electron chi connectivity index (χ1n) is 6.97. The minimum atomic E-state index is -0.263. The molecular weight excluding hydrogens is 184 g/mol. The van der Waals surface area contributed by atoms with Crippen molar-refractivity contribution < 1.29 is 5.11 Å². The number of hydrogen-bond donors (Lipinski definition) is 1. The van der Waals surface area contributed by atoms with E-state index < -0.39 is 0 Å². The number of rotatable bonds is 3. The van der Waals surface area contributed by atoms with Crippen molar-refractivity contribution in [3.05, 3.63) is 0 Å². The first-order chi connectivity index (χ1) is 7.24. The minimum Gasteiger partial charge on any atom is -0.390 e. The smallest absolute Gasteiger partial charge is 0.0675 e. The second-order valence-electron chi connectivity index (χ2n) is 5.82. The van der Waals surface area contributed by atoms with Crippen LogP contribution in [0.15, 0.2) is 0 Å². The molecule has 0 aromatic heterocycles. The maximum Gasteiger partial charge on any atom is 0.0675 e. The van der Waals surface area contributed by atoms with Crippen LogP contribution in [-0.4, -0.2) is 10.7 Å². The predicted octanol–water partition coefficient (Wildman–Crippen LogP) is 3.90. The van der Waals surface area contributed by atoms with E-state index in [0.29, 0.717) is 5.92 Å². The predicted molar refractivity (Wildman–Crippen MR) is 63.8 cm³/mol. The van der Waals surface area contributed by atoms with E-state index in [0.717, 1.165) is 18.8 Å². The van der Waals surface area contributed by atoms with Gasteiger partial charge in [-0.05, 0) is 43.9 Å². The maximum absolute atomic E-state index is 10.7. The van der Waals surface area contributed by atoms with E-state index in [9.17, 15) is 5.11 Å². The summed E-state index contributed by atoms with van der Waals surface area (Å²) in [5.41, 5.74) is -0.263. The van der Waals surface area contributed by atoms with Crippen molar-refractivity contribution in [2.24, 2.45) is 11.8 Å². The molecule has 0 aliphatic heterocycles. The highest BCUT2D eigenvalue weighted by Gasteiger charge is 2.40. The highest BCUT2D eigenvalue weighted by Crippen LogP contribution is 2.44. The first kappa shape index (κ1) is 11.4. The highest BCUT2D eigenvalue weighted by molar-refractivity contribution is 4.93. The van der Waals surface area contributed by atoms with Gasteiger partial charge in [0.2, 0.25) is 0 Å². The van der Waals surface area contributed by atoms with Gasteiger partial charge >= 0.3 is 0 Å². The second-order valence-corrected chi connectivity index (χ2v) is 5.82. The van der Waals surface area contributed by atoms with E-state index in [1.807, 2.05) is 0 Å². The minimum absolute atomic E-state index is 0.263. The van der Waals surface area contributed by atoms with E-state index in [2.05, 4.69) is 6.92 Å². The molecule has 1 nitrogen and oxygen atoms in total. The lowest BCUT2D eigenvalue weighted by Crippen LogP contribution is -2.41. The Bertz CT molecular complexity index is 198. The lowest BCUT2D eigenvalue weighted by molar-refractivity contribution is -0.0623. The third-order valence-corrected chi connectivity index (χ3v) is 4.77.